The molecule has 8 rings (SSSR count). The maximum atomic E-state index is 12.3. The van der Waals surface area contributed by atoms with Crippen molar-refractivity contribution in [1.82, 2.24) is 0 Å². The fourth-order valence-corrected chi connectivity index (χ4v) is 8.00. The molecule has 0 saturated heterocycles. The van der Waals surface area contributed by atoms with Crippen molar-refractivity contribution in [3.63, 3.8) is 0 Å². The number of rotatable bonds is 15. The highest BCUT2D eigenvalue weighted by Crippen LogP contribution is 2.39. The van der Waals surface area contributed by atoms with Gasteiger partial charge in [0.1, 0.15) is 0 Å². The summed E-state index contributed by atoms with van der Waals surface area (Å²) in [6.45, 7) is 8.17. The summed E-state index contributed by atoms with van der Waals surface area (Å²) in [5.74, 6) is -1.04. The van der Waals surface area contributed by atoms with Gasteiger partial charge in [-0.3, -0.25) is 9.59 Å². The van der Waals surface area contributed by atoms with E-state index in [9.17, 15) is 9.59 Å². The van der Waals surface area contributed by atoms with E-state index < -0.39 is 0 Å². The third-order valence-corrected chi connectivity index (χ3v) is 11.6. The van der Waals surface area contributed by atoms with Gasteiger partial charge in [0.2, 0.25) is 0 Å². The van der Waals surface area contributed by atoms with E-state index in [0.29, 0.717) is 13.2 Å². The van der Waals surface area contributed by atoms with E-state index in [1.54, 1.807) is 0 Å². The predicted octanol–water partition coefficient (Wildman–Crippen LogP) is 15.0. The number of carbonyl (C=O) groups is 2. The third-order valence-electron chi connectivity index (χ3n) is 11.6. The highest BCUT2D eigenvalue weighted by atomic mass is 16.5. The molecule has 0 heterocycles. The fraction of sp³-hybridized carbons (Fsp3) is 0.138. The molecule has 0 radical (unpaired) electrons. The van der Waals surface area contributed by atoms with Crippen LogP contribution in [0.15, 0.2) is 206 Å². The number of ether oxygens (including phenoxy) is 2. The number of benzene rings is 8. The first-order chi connectivity index (χ1) is 31.3. The second kappa shape index (κ2) is 20.0. The van der Waals surface area contributed by atoms with Crippen LogP contribution in [-0.2, 0) is 19.1 Å². The molecule has 0 aliphatic heterocycles. The molecule has 2 atom stereocenters. The van der Waals surface area contributed by atoms with Crippen LogP contribution in [0.2, 0.25) is 0 Å². The monoisotopic (exact) mass is 840 g/mol. The molecule has 2 unspecified atom stereocenters. The zero-order valence-corrected chi connectivity index (χ0v) is 36.7. The van der Waals surface area contributed by atoms with Crippen LogP contribution in [0.4, 0.5) is 34.1 Å². The molecule has 0 spiro atoms. The first-order valence-corrected chi connectivity index (χ1v) is 22.0. The SMILES string of the molecule is CCOC(=O)C(C)c1ccc(-c2ccc(N(c3ccccc3)c3ccc(-c4ccc(N(c5ccccc5)c5ccc(-c6ccc(C(C)C(=O)OCC)cc6)cc5)cc4)cc3)cc2)cc1. The maximum absolute atomic E-state index is 12.3. The molecule has 0 aliphatic rings. The van der Waals surface area contributed by atoms with Gasteiger partial charge >= 0.3 is 11.9 Å². The van der Waals surface area contributed by atoms with Gasteiger partial charge in [-0.25, -0.2) is 0 Å². The normalized spacial score (nSPS) is 11.9. The van der Waals surface area contributed by atoms with E-state index in [1.807, 2.05) is 64.1 Å². The number of hydrogen-bond acceptors (Lipinski definition) is 6. The lowest BCUT2D eigenvalue weighted by molar-refractivity contribution is -0.145. The first-order valence-electron chi connectivity index (χ1n) is 22.0. The van der Waals surface area contributed by atoms with Crippen molar-refractivity contribution in [2.75, 3.05) is 23.0 Å². The molecule has 0 bridgehead atoms. The van der Waals surface area contributed by atoms with Crippen LogP contribution in [0.25, 0.3) is 33.4 Å². The van der Waals surface area contributed by atoms with Crippen LogP contribution in [0.3, 0.4) is 0 Å². The minimum absolute atomic E-state index is 0.207. The lowest BCUT2D eigenvalue weighted by Gasteiger charge is -2.26. The van der Waals surface area contributed by atoms with Crippen LogP contribution in [-0.4, -0.2) is 25.2 Å². The van der Waals surface area contributed by atoms with Crippen LogP contribution in [0.5, 0.6) is 0 Å². The molecule has 8 aromatic carbocycles. The molecule has 6 heteroatoms. The van der Waals surface area contributed by atoms with E-state index in [2.05, 4.69) is 180 Å². The summed E-state index contributed by atoms with van der Waals surface area (Å²) in [5.41, 5.74) is 14.8. The summed E-state index contributed by atoms with van der Waals surface area (Å²) in [5, 5.41) is 0. The van der Waals surface area contributed by atoms with E-state index in [-0.39, 0.29) is 23.8 Å². The number of carbonyl (C=O) groups excluding carboxylic acids is 2. The van der Waals surface area contributed by atoms with Crippen molar-refractivity contribution in [3.05, 3.63) is 217 Å². The highest BCUT2D eigenvalue weighted by Gasteiger charge is 2.19. The quantitative estimate of drug-likeness (QED) is 0.0959. The first kappa shape index (κ1) is 43.0. The molecule has 8 aromatic rings. The Bertz CT molecular complexity index is 2560. The van der Waals surface area contributed by atoms with Gasteiger partial charge in [0.25, 0.3) is 0 Å². The van der Waals surface area contributed by atoms with Crippen molar-refractivity contribution in [2.24, 2.45) is 0 Å². The molecule has 0 aliphatic carbocycles. The van der Waals surface area contributed by atoms with Gasteiger partial charge in [0.05, 0.1) is 25.0 Å². The van der Waals surface area contributed by atoms with Gasteiger partial charge in [0, 0.05) is 34.1 Å². The van der Waals surface area contributed by atoms with E-state index >= 15 is 0 Å². The Morgan fingerprint density at radius 1 is 0.344 bits per heavy atom. The lowest BCUT2D eigenvalue weighted by atomic mass is 9.97. The summed E-state index contributed by atoms with van der Waals surface area (Å²) in [7, 11) is 0. The van der Waals surface area contributed by atoms with E-state index in [4.69, 9.17) is 9.47 Å². The summed E-state index contributed by atoms with van der Waals surface area (Å²) in [4.78, 5) is 29.1. The number of para-hydroxylation sites is 2. The zero-order valence-electron chi connectivity index (χ0n) is 36.7. The van der Waals surface area contributed by atoms with E-state index in [1.165, 1.54) is 0 Å². The van der Waals surface area contributed by atoms with Crippen LogP contribution < -0.4 is 9.80 Å². The van der Waals surface area contributed by atoms with Gasteiger partial charge in [-0.05, 0) is 145 Å². The topological polar surface area (TPSA) is 59.1 Å². The number of nitrogens with zero attached hydrogens (tertiary/aromatic N) is 2. The largest absolute Gasteiger partial charge is 0.466 e. The summed E-state index contributed by atoms with van der Waals surface area (Å²) >= 11 is 0. The summed E-state index contributed by atoms with van der Waals surface area (Å²) in [6, 6.07) is 71.8. The predicted molar refractivity (Wildman–Crippen MR) is 262 cm³/mol. The zero-order chi connectivity index (χ0) is 44.4. The number of anilines is 6. The third kappa shape index (κ3) is 9.67. The highest BCUT2D eigenvalue weighted by molar-refractivity contribution is 5.83. The van der Waals surface area contributed by atoms with Crippen molar-refractivity contribution in [1.29, 1.82) is 0 Å². The second-order valence-corrected chi connectivity index (χ2v) is 15.7. The Labute approximate surface area is 377 Å². The van der Waals surface area contributed by atoms with E-state index in [0.717, 1.165) is 78.6 Å². The molecule has 0 fully saturated rings. The van der Waals surface area contributed by atoms with Gasteiger partial charge in [-0.2, -0.15) is 0 Å². The molecule has 6 nitrogen and oxygen atoms in total. The molecule has 0 saturated carbocycles. The fourth-order valence-electron chi connectivity index (χ4n) is 8.00. The average molecular weight is 841 g/mol. The van der Waals surface area contributed by atoms with Gasteiger partial charge < -0.3 is 19.3 Å². The van der Waals surface area contributed by atoms with Crippen LogP contribution >= 0.6 is 0 Å². The standard InChI is InChI=1S/C58H52N2O4/c1-5-63-57(61)41(3)43-17-21-45(22-18-43)47-25-33-53(34-26-47)59(51-13-9-7-10-14-51)55-37-29-49(30-38-55)50-31-39-56(40-32-50)60(52-15-11-8-12-16-52)54-35-27-48(28-36-54)46-23-19-44(20-24-46)42(4)58(62)64-6-2/h7-42H,5-6H2,1-4H3. The molecular weight excluding hydrogens is 789 g/mol. The number of esters is 2. The van der Waals surface area contributed by atoms with Crippen LogP contribution in [0, 0.1) is 0 Å². The minimum Gasteiger partial charge on any atom is -0.466 e. The molecule has 0 aromatic heterocycles. The van der Waals surface area contributed by atoms with Gasteiger partial charge in [-0.1, -0.05) is 133 Å². The average Bonchev–Trinajstić information content (AvgIpc) is 3.35. The minimum atomic E-state index is -0.310. The van der Waals surface area contributed by atoms with Gasteiger partial charge in [0.15, 0.2) is 0 Å². The van der Waals surface area contributed by atoms with Crippen molar-refractivity contribution >= 4 is 46.1 Å². The van der Waals surface area contributed by atoms with Crippen molar-refractivity contribution in [3.8, 4) is 33.4 Å². The molecular formula is C58H52N2O4. The van der Waals surface area contributed by atoms with Crippen LogP contribution in [0.1, 0.15) is 50.7 Å². The van der Waals surface area contributed by atoms with Gasteiger partial charge in [-0.15, -0.1) is 0 Å². The number of hydrogen-bond donors (Lipinski definition) is 0. The Balaban J connectivity index is 1.01. The Kier molecular flexibility index (Phi) is 13.4. The molecule has 64 heavy (non-hydrogen) atoms. The summed E-state index contributed by atoms with van der Waals surface area (Å²) in [6.07, 6.45) is 0. The molecule has 0 amide bonds. The molecule has 318 valence electrons. The maximum Gasteiger partial charge on any atom is 0.313 e. The second-order valence-electron chi connectivity index (χ2n) is 15.7. The van der Waals surface area contributed by atoms with Crippen molar-refractivity contribution < 1.29 is 19.1 Å². The Morgan fingerprint density at radius 2 is 0.562 bits per heavy atom. The lowest BCUT2D eigenvalue weighted by Crippen LogP contribution is -2.12. The Hall–Kier alpha value is -7.70. The van der Waals surface area contributed by atoms with Crippen molar-refractivity contribution in [2.45, 2.75) is 39.5 Å². The summed E-state index contributed by atoms with van der Waals surface area (Å²) < 4.78 is 10.4. The smallest absolute Gasteiger partial charge is 0.313 e. The Morgan fingerprint density at radius 3 is 0.797 bits per heavy atom. The molecule has 0 N–H and O–H groups in total.